The fraction of sp³-hybridized carbons (Fsp3) is 0.467. The molecule has 2 aromatic heterocycles. The number of rotatable bonds is 5. The SMILES string of the molecule is Cn1cnnc1SCCC(=O)N1CCN(c2ccccn2)CC1. The van der Waals surface area contributed by atoms with Crippen LogP contribution in [0.5, 0.6) is 0 Å². The maximum Gasteiger partial charge on any atom is 0.223 e. The molecule has 8 heteroatoms. The van der Waals surface area contributed by atoms with E-state index >= 15 is 0 Å². The van der Waals surface area contributed by atoms with Crippen molar-refractivity contribution in [2.45, 2.75) is 11.6 Å². The van der Waals surface area contributed by atoms with Gasteiger partial charge in [0.15, 0.2) is 5.16 Å². The molecular formula is C15H20N6OS. The minimum absolute atomic E-state index is 0.209. The molecule has 0 unspecified atom stereocenters. The maximum absolute atomic E-state index is 12.3. The summed E-state index contributed by atoms with van der Waals surface area (Å²) in [5, 5.41) is 8.68. The van der Waals surface area contributed by atoms with E-state index in [1.165, 1.54) is 0 Å². The lowest BCUT2D eigenvalue weighted by molar-refractivity contribution is -0.131. The van der Waals surface area contributed by atoms with Gasteiger partial charge >= 0.3 is 0 Å². The summed E-state index contributed by atoms with van der Waals surface area (Å²) in [6.45, 7) is 3.17. The van der Waals surface area contributed by atoms with Crippen LogP contribution in [0.15, 0.2) is 35.9 Å². The normalized spacial score (nSPS) is 15.0. The zero-order valence-corrected chi connectivity index (χ0v) is 13.9. The van der Waals surface area contributed by atoms with Gasteiger partial charge in [-0.25, -0.2) is 4.98 Å². The van der Waals surface area contributed by atoms with Crippen molar-refractivity contribution in [3.63, 3.8) is 0 Å². The second-order valence-electron chi connectivity index (χ2n) is 5.38. The Morgan fingerprint density at radius 3 is 2.74 bits per heavy atom. The number of nitrogens with zero attached hydrogens (tertiary/aromatic N) is 6. The number of hydrogen-bond donors (Lipinski definition) is 0. The third-order valence-corrected chi connectivity index (χ3v) is 4.86. The highest BCUT2D eigenvalue weighted by molar-refractivity contribution is 7.99. The Morgan fingerprint density at radius 1 is 1.26 bits per heavy atom. The molecule has 23 heavy (non-hydrogen) atoms. The van der Waals surface area contributed by atoms with Crippen LogP contribution >= 0.6 is 11.8 Å². The van der Waals surface area contributed by atoms with Crippen LogP contribution < -0.4 is 4.90 Å². The Labute approximate surface area is 139 Å². The molecule has 0 aromatic carbocycles. The van der Waals surface area contributed by atoms with Gasteiger partial charge in [0.2, 0.25) is 5.91 Å². The summed E-state index contributed by atoms with van der Waals surface area (Å²) < 4.78 is 1.86. The third kappa shape index (κ3) is 4.01. The molecule has 0 bridgehead atoms. The van der Waals surface area contributed by atoms with Gasteiger partial charge in [-0.2, -0.15) is 0 Å². The largest absolute Gasteiger partial charge is 0.353 e. The van der Waals surface area contributed by atoms with E-state index in [1.54, 1.807) is 24.3 Å². The lowest BCUT2D eigenvalue weighted by Crippen LogP contribution is -2.49. The molecule has 1 saturated heterocycles. The molecule has 0 spiro atoms. The number of aromatic nitrogens is 4. The Balaban J connectivity index is 1.42. The van der Waals surface area contributed by atoms with Crippen molar-refractivity contribution >= 4 is 23.5 Å². The molecule has 0 radical (unpaired) electrons. The van der Waals surface area contributed by atoms with Crippen LogP contribution in [0.2, 0.25) is 0 Å². The Kier molecular flexibility index (Phi) is 5.12. The van der Waals surface area contributed by atoms with Crippen molar-refractivity contribution in [2.24, 2.45) is 7.05 Å². The molecule has 3 rings (SSSR count). The zero-order chi connectivity index (χ0) is 16.1. The fourth-order valence-corrected chi connectivity index (χ4v) is 3.33. The van der Waals surface area contributed by atoms with Crippen LogP contribution in [0, 0.1) is 0 Å². The van der Waals surface area contributed by atoms with Gasteiger partial charge in [-0.3, -0.25) is 4.79 Å². The number of aryl methyl sites for hydroxylation is 1. The topological polar surface area (TPSA) is 67.2 Å². The Morgan fingerprint density at radius 2 is 2.09 bits per heavy atom. The van der Waals surface area contributed by atoms with Gasteiger partial charge < -0.3 is 14.4 Å². The highest BCUT2D eigenvalue weighted by Gasteiger charge is 2.21. The van der Waals surface area contributed by atoms with Gasteiger partial charge in [-0.05, 0) is 12.1 Å². The molecule has 0 N–H and O–H groups in total. The van der Waals surface area contributed by atoms with Crippen molar-refractivity contribution < 1.29 is 4.79 Å². The number of anilines is 1. The molecule has 0 atom stereocenters. The monoisotopic (exact) mass is 332 g/mol. The molecule has 3 heterocycles. The van der Waals surface area contributed by atoms with E-state index in [0.717, 1.165) is 42.9 Å². The van der Waals surface area contributed by atoms with Gasteiger partial charge in [-0.1, -0.05) is 17.8 Å². The standard InChI is InChI=1S/C15H20N6OS/c1-19-12-17-18-15(19)23-11-5-14(22)21-9-7-20(8-10-21)13-4-2-3-6-16-13/h2-4,6,12H,5,7-11H2,1H3. The van der Waals surface area contributed by atoms with E-state index in [2.05, 4.69) is 20.1 Å². The van der Waals surface area contributed by atoms with E-state index < -0.39 is 0 Å². The third-order valence-electron chi connectivity index (χ3n) is 3.82. The fourth-order valence-electron chi connectivity index (χ4n) is 2.52. The molecule has 122 valence electrons. The maximum atomic E-state index is 12.3. The number of pyridine rings is 1. The van der Waals surface area contributed by atoms with E-state index in [0.29, 0.717) is 6.42 Å². The average molecular weight is 332 g/mol. The van der Waals surface area contributed by atoms with Crippen molar-refractivity contribution in [3.05, 3.63) is 30.7 Å². The highest BCUT2D eigenvalue weighted by Crippen LogP contribution is 2.16. The number of carbonyl (C=O) groups excluding carboxylic acids is 1. The first-order valence-corrected chi connectivity index (χ1v) is 8.63. The van der Waals surface area contributed by atoms with Crippen LogP contribution in [0.25, 0.3) is 0 Å². The summed E-state index contributed by atoms with van der Waals surface area (Å²) in [5.74, 6) is 1.92. The highest BCUT2D eigenvalue weighted by atomic mass is 32.2. The molecule has 1 fully saturated rings. The molecule has 0 aliphatic carbocycles. The zero-order valence-electron chi connectivity index (χ0n) is 13.1. The van der Waals surface area contributed by atoms with E-state index in [1.807, 2.05) is 34.7 Å². The van der Waals surface area contributed by atoms with Crippen LogP contribution in [-0.4, -0.2) is 62.5 Å². The van der Waals surface area contributed by atoms with Gasteiger partial charge in [0.25, 0.3) is 0 Å². The molecule has 7 nitrogen and oxygen atoms in total. The predicted octanol–water partition coefficient (Wildman–Crippen LogP) is 1.04. The predicted molar refractivity (Wildman–Crippen MR) is 89.4 cm³/mol. The summed E-state index contributed by atoms with van der Waals surface area (Å²) >= 11 is 1.56. The van der Waals surface area contributed by atoms with Gasteiger partial charge in [0.1, 0.15) is 12.1 Å². The number of carbonyl (C=O) groups is 1. The quantitative estimate of drug-likeness (QED) is 0.762. The second-order valence-corrected chi connectivity index (χ2v) is 6.44. The van der Waals surface area contributed by atoms with E-state index in [-0.39, 0.29) is 5.91 Å². The first-order valence-electron chi connectivity index (χ1n) is 7.64. The molecule has 1 amide bonds. The number of hydrogen-bond acceptors (Lipinski definition) is 6. The average Bonchev–Trinajstić information content (AvgIpc) is 3.01. The van der Waals surface area contributed by atoms with Crippen LogP contribution in [-0.2, 0) is 11.8 Å². The number of piperazine rings is 1. The van der Waals surface area contributed by atoms with E-state index in [4.69, 9.17) is 0 Å². The summed E-state index contributed by atoms with van der Waals surface area (Å²) in [5.41, 5.74) is 0. The van der Waals surface area contributed by atoms with Crippen LogP contribution in [0.3, 0.4) is 0 Å². The minimum atomic E-state index is 0.209. The van der Waals surface area contributed by atoms with Crippen molar-refractivity contribution in [1.82, 2.24) is 24.6 Å². The van der Waals surface area contributed by atoms with Gasteiger partial charge in [-0.15, -0.1) is 10.2 Å². The van der Waals surface area contributed by atoms with Crippen molar-refractivity contribution in [1.29, 1.82) is 0 Å². The van der Waals surface area contributed by atoms with Crippen LogP contribution in [0.4, 0.5) is 5.82 Å². The van der Waals surface area contributed by atoms with Crippen molar-refractivity contribution in [2.75, 3.05) is 36.8 Å². The number of amides is 1. The summed E-state index contributed by atoms with van der Waals surface area (Å²) in [4.78, 5) is 20.8. The van der Waals surface area contributed by atoms with Crippen molar-refractivity contribution in [3.8, 4) is 0 Å². The number of thioether (sulfide) groups is 1. The first-order chi connectivity index (χ1) is 11.2. The lowest BCUT2D eigenvalue weighted by Gasteiger charge is -2.35. The minimum Gasteiger partial charge on any atom is -0.353 e. The first kappa shape index (κ1) is 15.8. The molecule has 0 saturated carbocycles. The summed E-state index contributed by atoms with van der Waals surface area (Å²) in [6, 6.07) is 5.91. The summed E-state index contributed by atoms with van der Waals surface area (Å²) in [6.07, 6.45) is 4.00. The Hall–Kier alpha value is -2.09. The smallest absolute Gasteiger partial charge is 0.223 e. The lowest BCUT2D eigenvalue weighted by atomic mass is 10.3. The summed E-state index contributed by atoms with van der Waals surface area (Å²) in [7, 11) is 1.90. The van der Waals surface area contributed by atoms with Gasteiger partial charge in [0.05, 0.1) is 0 Å². The molecule has 1 aliphatic heterocycles. The van der Waals surface area contributed by atoms with Crippen LogP contribution in [0.1, 0.15) is 6.42 Å². The molecular weight excluding hydrogens is 312 g/mol. The second kappa shape index (κ2) is 7.45. The van der Waals surface area contributed by atoms with E-state index in [9.17, 15) is 4.79 Å². The Bertz CT molecular complexity index is 638. The molecule has 1 aliphatic rings. The van der Waals surface area contributed by atoms with Gasteiger partial charge in [0, 0.05) is 51.6 Å². The molecule has 2 aromatic rings.